The molecule has 24 heavy (non-hydrogen) atoms. The number of carbonyl (C=O) groups excluding carboxylic acids is 1. The third-order valence-electron chi connectivity index (χ3n) is 2.90. The topological polar surface area (TPSA) is 47.6 Å². The Morgan fingerprint density at radius 3 is 2.71 bits per heavy atom. The average Bonchev–Trinajstić information content (AvgIpc) is 2.52. The summed E-state index contributed by atoms with van der Waals surface area (Å²) in [5.74, 6) is 0.774. The highest BCUT2D eigenvalue weighted by Gasteiger charge is 2.11. The van der Waals surface area contributed by atoms with Crippen LogP contribution in [0.3, 0.4) is 0 Å². The molecule has 0 aromatic heterocycles. The van der Waals surface area contributed by atoms with E-state index in [4.69, 9.17) is 32.7 Å². The lowest BCUT2D eigenvalue weighted by molar-refractivity contribution is -0.118. The van der Waals surface area contributed by atoms with Gasteiger partial charge in [-0.05, 0) is 46.6 Å². The molecule has 0 bridgehead atoms. The van der Waals surface area contributed by atoms with Gasteiger partial charge in [-0.25, -0.2) is 0 Å². The molecule has 0 unspecified atom stereocenters. The van der Waals surface area contributed by atoms with E-state index in [1.165, 1.54) is 0 Å². The van der Waals surface area contributed by atoms with Gasteiger partial charge in [0.15, 0.2) is 12.4 Å². The fourth-order valence-electron chi connectivity index (χ4n) is 1.89. The summed E-state index contributed by atoms with van der Waals surface area (Å²) >= 11 is 15.2. The van der Waals surface area contributed by atoms with Crippen LogP contribution in [0, 0.1) is 0 Å². The second-order valence-corrected chi connectivity index (χ2v) is 6.61. The molecule has 2 aromatic carbocycles. The van der Waals surface area contributed by atoms with E-state index in [9.17, 15) is 4.79 Å². The Bertz CT molecular complexity index is 702. The fourth-order valence-corrected chi connectivity index (χ4v) is 3.25. The molecule has 0 saturated heterocycles. The number of halogens is 3. The third kappa shape index (κ3) is 5.58. The zero-order chi connectivity index (χ0) is 17.5. The molecule has 2 aromatic rings. The quantitative estimate of drug-likeness (QED) is 0.622. The van der Waals surface area contributed by atoms with E-state index >= 15 is 0 Å². The molecule has 0 radical (unpaired) electrons. The number of ether oxygens (including phenoxy) is 2. The molecule has 0 fully saturated rings. The predicted molar refractivity (Wildman–Crippen MR) is 101 cm³/mol. The maximum atomic E-state index is 12.0. The Kier molecular flexibility index (Phi) is 7.21. The molecule has 0 heterocycles. The first kappa shape index (κ1) is 18.9. The Morgan fingerprint density at radius 1 is 1.21 bits per heavy atom. The van der Waals surface area contributed by atoms with E-state index < -0.39 is 0 Å². The largest absolute Gasteiger partial charge is 0.494 e. The highest BCUT2D eigenvalue weighted by Crippen LogP contribution is 2.36. The van der Waals surface area contributed by atoms with Crippen molar-refractivity contribution in [3.63, 3.8) is 0 Å². The number of anilines is 1. The number of rotatable bonds is 7. The van der Waals surface area contributed by atoms with Crippen LogP contribution in [0.25, 0.3) is 0 Å². The Balaban J connectivity index is 1.94. The number of amides is 1. The molecule has 2 rings (SSSR count). The Labute approximate surface area is 159 Å². The van der Waals surface area contributed by atoms with Gasteiger partial charge in [0.2, 0.25) is 0 Å². The van der Waals surface area contributed by atoms with Crippen LogP contribution in [-0.4, -0.2) is 19.1 Å². The predicted octanol–water partition coefficient (Wildman–Crippen LogP) is 5.56. The zero-order valence-corrected chi connectivity index (χ0v) is 16.0. The summed E-state index contributed by atoms with van der Waals surface area (Å²) in [6.07, 6.45) is 0.918. The van der Waals surface area contributed by atoms with E-state index in [1.54, 1.807) is 24.3 Å². The maximum Gasteiger partial charge on any atom is 0.262 e. The Morgan fingerprint density at radius 2 is 2.00 bits per heavy atom. The molecule has 0 aliphatic heterocycles. The van der Waals surface area contributed by atoms with E-state index in [0.29, 0.717) is 38.3 Å². The van der Waals surface area contributed by atoms with Crippen molar-refractivity contribution >= 4 is 50.7 Å². The SMILES string of the molecule is CCCOc1cccc(NC(=O)COc2c(Cl)cc(Cl)cc2Br)c1. The Hall–Kier alpha value is -1.43. The minimum absolute atomic E-state index is 0.181. The number of nitrogens with one attached hydrogen (secondary N) is 1. The van der Waals surface area contributed by atoms with Crippen LogP contribution in [0.15, 0.2) is 40.9 Å². The van der Waals surface area contributed by atoms with E-state index in [2.05, 4.69) is 21.2 Å². The molecule has 0 spiro atoms. The van der Waals surface area contributed by atoms with Crippen molar-refractivity contribution in [1.82, 2.24) is 0 Å². The van der Waals surface area contributed by atoms with Gasteiger partial charge in [-0.1, -0.05) is 36.2 Å². The third-order valence-corrected chi connectivity index (χ3v) is 3.99. The van der Waals surface area contributed by atoms with Crippen LogP contribution in [0.5, 0.6) is 11.5 Å². The van der Waals surface area contributed by atoms with Crippen LogP contribution >= 0.6 is 39.1 Å². The molecular weight excluding hydrogens is 417 g/mol. The highest BCUT2D eigenvalue weighted by atomic mass is 79.9. The molecule has 0 aliphatic carbocycles. The van der Waals surface area contributed by atoms with Gasteiger partial charge in [-0.2, -0.15) is 0 Å². The smallest absolute Gasteiger partial charge is 0.262 e. The molecule has 7 heteroatoms. The van der Waals surface area contributed by atoms with Gasteiger partial charge in [0, 0.05) is 16.8 Å². The first-order chi connectivity index (χ1) is 11.5. The van der Waals surface area contributed by atoms with Crippen molar-refractivity contribution < 1.29 is 14.3 Å². The van der Waals surface area contributed by atoms with Crippen LogP contribution in [0.2, 0.25) is 10.0 Å². The van der Waals surface area contributed by atoms with Crippen molar-refractivity contribution in [1.29, 1.82) is 0 Å². The summed E-state index contributed by atoms with van der Waals surface area (Å²) in [4.78, 5) is 12.0. The molecule has 128 valence electrons. The standard InChI is InChI=1S/C17H16BrCl2NO3/c1-2-6-23-13-5-3-4-12(9-13)21-16(22)10-24-17-14(18)7-11(19)8-15(17)20/h3-5,7-9H,2,6,10H2,1H3,(H,21,22). The first-order valence-corrected chi connectivity index (χ1v) is 8.84. The van der Waals surface area contributed by atoms with Gasteiger partial charge in [0.1, 0.15) is 5.75 Å². The number of hydrogen-bond donors (Lipinski definition) is 1. The van der Waals surface area contributed by atoms with Gasteiger partial charge in [0.05, 0.1) is 16.1 Å². The second kappa shape index (κ2) is 9.16. The van der Waals surface area contributed by atoms with Gasteiger partial charge in [-0.3, -0.25) is 4.79 Å². The van der Waals surface area contributed by atoms with Crippen LogP contribution in [0.1, 0.15) is 13.3 Å². The number of carbonyl (C=O) groups is 1. The lowest BCUT2D eigenvalue weighted by atomic mass is 10.3. The normalized spacial score (nSPS) is 10.3. The summed E-state index contributed by atoms with van der Waals surface area (Å²) in [5.41, 5.74) is 0.637. The van der Waals surface area contributed by atoms with Crippen molar-refractivity contribution in [2.24, 2.45) is 0 Å². The molecule has 0 atom stereocenters. The van der Waals surface area contributed by atoms with Crippen LogP contribution < -0.4 is 14.8 Å². The van der Waals surface area contributed by atoms with E-state index in [-0.39, 0.29) is 12.5 Å². The molecule has 0 aliphatic rings. The number of hydrogen-bond acceptors (Lipinski definition) is 3. The molecular formula is C17H16BrCl2NO3. The molecule has 1 N–H and O–H groups in total. The maximum absolute atomic E-state index is 12.0. The minimum atomic E-state index is -0.305. The van der Waals surface area contributed by atoms with Gasteiger partial charge in [0.25, 0.3) is 5.91 Å². The average molecular weight is 433 g/mol. The highest BCUT2D eigenvalue weighted by molar-refractivity contribution is 9.10. The van der Waals surface area contributed by atoms with Crippen molar-refractivity contribution in [2.75, 3.05) is 18.5 Å². The summed E-state index contributed by atoms with van der Waals surface area (Å²) in [5, 5.41) is 3.56. The summed E-state index contributed by atoms with van der Waals surface area (Å²) in [6.45, 7) is 2.48. The summed E-state index contributed by atoms with van der Waals surface area (Å²) in [6, 6.07) is 10.4. The van der Waals surface area contributed by atoms with E-state index in [1.807, 2.05) is 19.1 Å². The summed E-state index contributed by atoms with van der Waals surface area (Å²) in [7, 11) is 0. The van der Waals surface area contributed by atoms with Crippen LogP contribution in [0.4, 0.5) is 5.69 Å². The monoisotopic (exact) mass is 431 g/mol. The summed E-state index contributed by atoms with van der Waals surface area (Å²) < 4.78 is 11.6. The van der Waals surface area contributed by atoms with Crippen molar-refractivity contribution in [2.45, 2.75) is 13.3 Å². The fraction of sp³-hybridized carbons (Fsp3) is 0.235. The van der Waals surface area contributed by atoms with E-state index in [0.717, 1.165) is 6.42 Å². The molecule has 4 nitrogen and oxygen atoms in total. The first-order valence-electron chi connectivity index (χ1n) is 7.29. The van der Waals surface area contributed by atoms with Gasteiger partial charge >= 0.3 is 0 Å². The zero-order valence-electron chi connectivity index (χ0n) is 12.9. The molecule has 1 amide bonds. The second-order valence-electron chi connectivity index (χ2n) is 4.91. The minimum Gasteiger partial charge on any atom is -0.494 e. The lowest BCUT2D eigenvalue weighted by Gasteiger charge is -2.11. The lowest BCUT2D eigenvalue weighted by Crippen LogP contribution is -2.20. The van der Waals surface area contributed by atoms with Crippen molar-refractivity contribution in [3.8, 4) is 11.5 Å². The van der Waals surface area contributed by atoms with Crippen LogP contribution in [-0.2, 0) is 4.79 Å². The molecule has 0 saturated carbocycles. The van der Waals surface area contributed by atoms with Gasteiger partial charge < -0.3 is 14.8 Å². The van der Waals surface area contributed by atoms with Crippen molar-refractivity contribution in [3.05, 3.63) is 50.9 Å². The number of benzene rings is 2. The van der Waals surface area contributed by atoms with Gasteiger partial charge in [-0.15, -0.1) is 0 Å².